The average Bonchev–Trinajstić information content (AvgIpc) is 2.55. The molecule has 0 aromatic heterocycles. The van der Waals surface area contributed by atoms with Gasteiger partial charge in [-0.1, -0.05) is 44.2 Å². The third kappa shape index (κ3) is 6.24. The number of aryl methyl sites for hydroxylation is 1. The lowest BCUT2D eigenvalue weighted by molar-refractivity contribution is -0.117. The number of hydrogen-bond donors (Lipinski definition) is 2. The Hall–Kier alpha value is -2.62. The van der Waals surface area contributed by atoms with Crippen molar-refractivity contribution in [3.8, 4) is 0 Å². The number of nitrogens with one attached hydrogen (secondary N) is 2. The zero-order valence-electron chi connectivity index (χ0n) is 14.2. The third-order valence-electron chi connectivity index (χ3n) is 3.53. The second-order valence-corrected chi connectivity index (χ2v) is 6.26. The quantitative estimate of drug-likeness (QED) is 0.800. The molecule has 0 spiro atoms. The largest absolute Gasteiger partial charge is 0.326 e. The molecule has 2 aromatic rings. The molecule has 0 radical (unpaired) electrons. The van der Waals surface area contributed by atoms with Crippen molar-refractivity contribution >= 4 is 23.2 Å². The monoisotopic (exact) mass is 324 g/mol. The van der Waals surface area contributed by atoms with E-state index in [1.807, 2.05) is 44.2 Å². The summed E-state index contributed by atoms with van der Waals surface area (Å²) in [6, 6.07) is 17.1. The van der Waals surface area contributed by atoms with Gasteiger partial charge in [0, 0.05) is 24.2 Å². The molecule has 0 aliphatic rings. The van der Waals surface area contributed by atoms with Crippen molar-refractivity contribution in [1.82, 2.24) is 0 Å². The van der Waals surface area contributed by atoms with E-state index in [9.17, 15) is 9.59 Å². The predicted molar refractivity (Wildman–Crippen MR) is 97.9 cm³/mol. The maximum absolute atomic E-state index is 12.0. The molecule has 0 unspecified atom stereocenters. The first-order valence-electron chi connectivity index (χ1n) is 8.26. The van der Waals surface area contributed by atoms with Crippen molar-refractivity contribution in [2.45, 2.75) is 33.1 Å². The van der Waals surface area contributed by atoms with Gasteiger partial charge in [-0.3, -0.25) is 9.59 Å². The topological polar surface area (TPSA) is 58.2 Å². The molecule has 0 aliphatic heterocycles. The molecule has 126 valence electrons. The zero-order valence-corrected chi connectivity index (χ0v) is 14.2. The summed E-state index contributed by atoms with van der Waals surface area (Å²) >= 11 is 0. The summed E-state index contributed by atoms with van der Waals surface area (Å²) in [5, 5.41) is 5.72. The fourth-order valence-corrected chi connectivity index (χ4v) is 2.35. The molecule has 4 heteroatoms. The van der Waals surface area contributed by atoms with E-state index in [1.54, 1.807) is 24.3 Å². The van der Waals surface area contributed by atoms with E-state index >= 15 is 0 Å². The van der Waals surface area contributed by atoms with Crippen LogP contribution >= 0.6 is 0 Å². The number of hydrogen-bond acceptors (Lipinski definition) is 2. The highest BCUT2D eigenvalue weighted by atomic mass is 16.2. The molecule has 0 fully saturated rings. The molecule has 0 heterocycles. The minimum absolute atomic E-state index is 0.00430. The fourth-order valence-electron chi connectivity index (χ4n) is 2.35. The minimum atomic E-state index is -0.0181. The Labute approximate surface area is 143 Å². The zero-order chi connectivity index (χ0) is 17.4. The van der Waals surface area contributed by atoms with Crippen LogP contribution in [0, 0.1) is 5.92 Å². The van der Waals surface area contributed by atoms with Crippen LogP contribution in [0.25, 0.3) is 0 Å². The van der Waals surface area contributed by atoms with E-state index < -0.39 is 0 Å². The molecule has 2 rings (SSSR count). The molecule has 24 heavy (non-hydrogen) atoms. The molecule has 0 saturated carbocycles. The summed E-state index contributed by atoms with van der Waals surface area (Å²) in [5.41, 5.74) is 2.62. The maximum Gasteiger partial charge on any atom is 0.224 e. The van der Waals surface area contributed by atoms with Crippen molar-refractivity contribution in [2.24, 2.45) is 5.92 Å². The van der Waals surface area contributed by atoms with Crippen LogP contribution in [-0.4, -0.2) is 11.8 Å². The first-order chi connectivity index (χ1) is 11.5. The van der Waals surface area contributed by atoms with Crippen LogP contribution in [0.15, 0.2) is 54.6 Å². The van der Waals surface area contributed by atoms with E-state index in [4.69, 9.17) is 0 Å². The number of carbonyl (C=O) groups excluding carboxylic acids is 2. The summed E-state index contributed by atoms with van der Waals surface area (Å²) in [7, 11) is 0. The van der Waals surface area contributed by atoms with E-state index in [2.05, 4.69) is 10.6 Å². The number of anilines is 2. The van der Waals surface area contributed by atoms with Gasteiger partial charge in [-0.25, -0.2) is 0 Å². The third-order valence-corrected chi connectivity index (χ3v) is 3.53. The van der Waals surface area contributed by atoms with Crippen LogP contribution in [0.3, 0.4) is 0 Å². The fraction of sp³-hybridized carbons (Fsp3) is 0.300. The maximum atomic E-state index is 12.0. The molecule has 4 nitrogen and oxygen atoms in total. The molecule has 2 N–H and O–H groups in total. The lowest BCUT2D eigenvalue weighted by Crippen LogP contribution is -2.14. The van der Waals surface area contributed by atoms with Crippen LogP contribution in [0.5, 0.6) is 0 Å². The standard InChI is InChI=1S/C20H24N2O2/c1-15(2)14-20(24)22-18-11-9-17(10-12-18)21-19(23)13-8-16-6-4-3-5-7-16/h3-7,9-12,15H,8,13-14H2,1-2H3,(H,21,23)(H,22,24). The van der Waals surface area contributed by atoms with E-state index in [0.29, 0.717) is 18.8 Å². The van der Waals surface area contributed by atoms with Gasteiger partial charge < -0.3 is 10.6 Å². The molecule has 0 saturated heterocycles. The number of carbonyl (C=O) groups is 2. The Morgan fingerprint density at radius 3 is 1.92 bits per heavy atom. The van der Waals surface area contributed by atoms with Crippen LogP contribution in [0.2, 0.25) is 0 Å². The van der Waals surface area contributed by atoms with Gasteiger partial charge in [-0.05, 0) is 42.2 Å². The Morgan fingerprint density at radius 2 is 1.38 bits per heavy atom. The highest BCUT2D eigenvalue weighted by molar-refractivity contribution is 5.93. The molecule has 0 atom stereocenters. The summed E-state index contributed by atoms with van der Waals surface area (Å²) in [6.07, 6.45) is 1.66. The smallest absolute Gasteiger partial charge is 0.224 e. The number of benzene rings is 2. The summed E-state index contributed by atoms with van der Waals surface area (Å²) in [6.45, 7) is 4.02. The van der Waals surface area contributed by atoms with Gasteiger partial charge in [0.1, 0.15) is 0 Å². The van der Waals surface area contributed by atoms with Crippen molar-refractivity contribution in [3.63, 3.8) is 0 Å². The summed E-state index contributed by atoms with van der Waals surface area (Å²) < 4.78 is 0. The van der Waals surface area contributed by atoms with Gasteiger partial charge in [-0.15, -0.1) is 0 Å². The Morgan fingerprint density at radius 1 is 0.833 bits per heavy atom. The van der Waals surface area contributed by atoms with Crippen LogP contribution in [-0.2, 0) is 16.0 Å². The van der Waals surface area contributed by atoms with Gasteiger partial charge in [0.2, 0.25) is 11.8 Å². The van der Waals surface area contributed by atoms with Crippen molar-refractivity contribution in [1.29, 1.82) is 0 Å². The van der Waals surface area contributed by atoms with E-state index in [0.717, 1.165) is 23.4 Å². The van der Waals surface area contributed by atoms with Crippen molar-refractivity contribution < 1.29 is 9.59 Å². The lowest BCUT2D eigenvalue weighted by atomic mass is 10.1. The highest BCUT2D eigenvalue weighted by Gasteiger charge is 2.06. The summed E-state index contributed by atoms with van der Waals surface area (Å²) in [5.74, 6) is 0.313. The van der Waals surface area contributed by atoms with Gasteiger partial charge in [0.25, 0.3) is 0 Å². The van der Waals surface area contributed by atoms with Gasteiger partial charge in [-0.2, -0.15) is 0 Å². The van der Waals surface area contributed by atoms with Gasteiger partial charge in [0.05, 0.1) is 0 Å². The second-order valence-electron chi connectivity index (χ2n) is 6.26. The first kappa shape index (κ1) is 17.7. The van der Waals surface area contributed by atoms with Crippen LogP contribution in [0.1, 0.15) is 32.3 Å². The second kappa shape index (κ2) is 8.87. The van der Waals surface area contributed by atoms with Crippen molar-refractivity contribution in [2.75, 3.05) is 10.6 Å². The Bertz CT molecular complexity index is 664. The molecular weight excluding hydrogens is 300 g/mol. The predicted octanol–water partition coefficient (Wildman–Crippen LogP) is 4.24. The van der Waals surface area contributed by atoms with Crippen molar-refractivity contribution in [3.05, 3.63) is 60.2 Å². The average molecular weight is 324 g/mol. The van der Waals surface area contributed by atoms with Crippen LogP contribution in [0.4, 0.5) is 11.4 Å². The van der Waals surface area contributed by atoms with Gasteiger partial charge in [0.15, 0.2) is 0 Å². The Balaban J connectivity index is 1.80. The van der Waals surface area contributed by atoms with E-state index in [-0.39, 0.29) is 11.8 Å². The molecule has 0 bridgehead atoms. The Kier molecular flexibility index (Phi) is 6.55. The molecular formula is C20H24N2O2. The normalized spacial score (nSPS) is 10.5. The number of rotatable bonds is 7. The van der Waals surface area contributed by atoms with Crippen LogP contribution < -0.4 is 10.6 Å². The molecule has 0 aliphatic carbocycles. The SMILES string of the molecule is CC(C)CC(=O)Nc1ccc(NC(=O)CCc2ccccc2)cc1. The highest BCUT2D eigenvalue weighted by Crippen LogP contribution is 2.15. The molecule has 2 amide bonds. The summed E-state index contributed by atoms with van der Waals surface area (Å²) in [4.78, 5) is 23.7. The number of amides is 2. The lowest BCUT2D eigenvalue weighted by Gasteiger charge is -2.09. The van der Waals surface area contributed by atoms with E-state index in [1.165, 1.54) is 0 Å². The first-order valence-corrected chi connectivity index (χ1v) is 8.26. The molecule has 2 aromatic carbocycles. The minimum Gasteiger partial charge on any atom is -0.326 e. The van der Waals surface area contributed by atoms with Gasteiger partial charge >= 0.3 is 0 Å².